The molecule has 9 heteroatoms. The van der Waals surface area contributed by atoms with Gasteiger partial charge in [0, 0.05) is 6.61 Å². The lowest BCUT2D eigenvalue weighted by Crippen LogP contribution is -2.30. The third kappa shape index (κ3) is 4.72. The molecule has 1 unspecified atom stereocenters. The molecule has 0 bridgehead atoms. The molecule has 0 aliphatic rings. The van der Waals surface area contributed by atoms with Crippen molar-refractivity contribution in [2.45, 2.75) is 46.8 Å². The van der Waals surface area contributed by atoms with Gasteiger partial charge in [-0.05, 0) is 40.2 Å². The summed E-state index contributed by atoms with van der Waals surface area (Å²) in [5.41, 5.74) is 0.107. The monoisotopic (exact) mass is 396 g/mol. The molecule has 0 amide bonds. The van der Waals surface area contributed by atoms with Gasteiger partial charge in [-0.3, -0.25) is 9.36 Å². The van der Waals surface area contributed by atoms with E-state index >= 15 is 0 Å². The van der Waals surface area contributed by atoms with Gasteiger partial charge in [0.2, 0.25) is 0 Å². The van der Waals surface area contributed by atoms with Crippen molar-refractivity contribution in [3.63, 3.8) is 0 Å². The van der Waals surface area contributed by atoms with E-state index in [9.17, 15) is 14.4 Å². The standard InChI is InChI=1S/C18H24N2O6S/c1-6-24-7-8-25-17(22)12(5)20-9-19-15-13(16(20)21)11(4)14(27-15)18(23)26-10(2)3/h9-10,12H,6-8H2,1-5H3. The summed E-state index contributed by atoms with van der Waals surface area (Å²) >= 11 is 1.10. The number of thiophene rings is 1. The van der Waals surface area contributed by atoms with Crippen molar-refractivity contribution in [3.05, 3.63) is 27.1 Å². The molecule has 27 heavy (non-hydrogen) atoms. The molecular weight excluding hydrogens is 372 g/mol. The van der Waals surface area contributed by atoms with Gasteiger partial charge in [0.15, 0.2) is 0 Å². The summed E-state index contributed by atoms with van der Waals surface area (Å²) in [6.45, 7) is 9.54. The summed E-state index contributed by atoms with van der Waals surface area (Å²) in [5.74, 6) is -1.04. The van der Waals surface area contributed by atoms with Crippen LogP contribution in [0.1, 0.15) is 49.0 Å². The largest absolute Gasteiger partial charge is 0.462 e. The Bertz CT molecular complexity index is 886. The Hall–Kier alpha value is -2.26. The lowest BCUT2D eigenvalue weighted by atomic mass is 10.2. The van der Waals surface area contributed by atoms with E-state index in [2.05, 4.69) is 4.98 Å². The van der Waals surface area contributed by atoms with Crippen LogP contribution in [0.4, 0.5) is 0 Å². The first kappa shape index (κ1) is 21.0. The fourth-order valence-corrected chi connectivity index (χ4v) is 3.48. The Balaban J connectivity index is 2.31. The molecule has 0 aromatic carbocycles. The molecule has 0 aliphatic carbocycles. The van der Waals surface area contributed by atoms with Crippen LogP contribution in [-0.4, -0.2) is 47.4 Å². The van der Waals surface area contributed by atoms with Crippen molar-refractivity contribution < 1.29 is 23.8 Å². The average molecular weight is 396 g/mol. The van der Waals surface area contributed by atoms with E-state index in [0.717, 1.165) is 11.3 Å². The molecule has 0 saturated heterocycles. The third-order valence-electron chi connectivity index (χ3n) is 3.84. The minimum absolute atomic E-state index is 0.115. The number of rotatable bonds is 8. The zero-order valence-electron chi connectivity index (χ0n) is 16.1. The number of esters is 2. The summed E-state index contributed by atoms with van der Waals surface area (Å²) in [5, 5.41) is 0.312. The van der Waals surface area contributed by atoms with Gasteiger partial charge in [-0.15, -0.1) is 11.3 Å². The molecule has 8 nitrogen and oxygen atoms in total. The van der Waals surface area contributed by atoms with Crippen molar-refractivity contribution in [3.8, 4) is 0 Å². The maximum absolute atomic E-state index is 12.9. The Labute approximate surface area is 161 Å². The summed E-state index contributed by atoms with van der Waals surface area (Å²) in [6.07, 6.45) is 1.03. The second-order valence-electron chi connectivity index (χ2n) is 6.19. The molecule has 2 heterocycles. The van der Waals surface area contributed by atoms with E-state index in [-0.39, 0.29) is 12.7 Å². The third-order valence-corrected chi connectivity index (χ3v) is 5.02. The number of ether oxygens (including phenoxy) is 3. The van der Waals surface area contributed by atoms with E-state index < -0.39 is 23.5 Å². The molecule has 0 saturated carbocycles. The van der Waals surface area contributed by atoms with Crippen molar-refractivity contribution in [1.29, 1.82) is 0 Å². The summed E-state index contributed by atoms with van der Waals surface area (Å²) in [7, 11) is 0. The van der Waals surface area contributed by atoms with Gasteiger partial charge in [0.05, 0.1) is 24.4 Å². The molecule has 0 aliphatic heterocycles. The highest BCUT2D eigenvalue weighted by atomic mass is 32.1. The molecule has 0 spiro atoms. The minimum Gasteiger partial charge on any atom is -0.462 e. The maximum atomic E-state index is 12.9. The summed E-state index contributed by atoms with van der Waals surface area (Å²) in [6, 6.07) is -0.846. The van der Waals surface area contributed by atoms with Crippen LogP contribution in [0.25, 0.3) is 10.2 Å². The number of carbonyl (C=O) groups is 2. The van der Waals surface area contributed by atoms with E-state index in [0.29, 0.717) is 33.9 Å². The van der Waals surface area contributed by atoms with E-state index in [4.69, 9.17) is 14.2 Å². The van der Waals surface area contributed by atoms with Crippen LogP contribution in [0.3, 0.4) is 0 Å². The van der Waals surface area contributed by atoms with Crippen LogP contribution in [0.2, 0.25) is 0 Å². The Kier molecular flexibility index (Phi) is 7.09. The van der Waals surface area contributed by atoms with Crippen LogP contribution in [0.5, 0.6) is 0 Å². The second kappa shape index (κ2) is 9.09. The fourth-order valence-electron chi connectivity index (χ4n) is 2.46. The van der Waals surface area contributed by atoms with Crippen molar-refractivity contribution in [2.75, 3.05) is 19.8 Å². The van der Waals surface area contributed by atoms with Gasteiger partial charge in [-0.2, -0.15) is 0 Å². The molecule has 1 atom stereocenters. The highest BCUT2D eigenvalue weighted by Gasteiger charge is 2.24. The number of carbonyl (C=O) groups excluding carboxylic acids is 2. The zero-order chi connectivity index (χ0) is 20.1. The molecule has 148 valence electrons. The second-order valence-corrected chi connectivity index (χ2v) is 7.19. The van der Waals surface area contributed by atoms with Gasteiger partial charge in [-0.1, -0.05) is 0 Å². The SMILES string of the molecule is CCOCCOC(=O)C(C)n1cnc2sc(C(=O)OC(C)C)c(C)c2c1=O. The first-order valence-corrected chi connectivity index (χ1v) is 9.55. The lowest BCUT2D eigenvalue weighted by molar-refractivity contribution is -0.148. The number of nitrogens with zero attached hydrogens (tertiary/aromatic N) is 2. The quantitative estimate of drug-likeness (QED) is 0.499. The van der Waals surface area contributed by atoms with Crippen molar-refractivity contribution >= 4 is 33.5 Å². The maximum Gasteiger partial charge on any atom is 0.348 e. The number of hydrogen-bond donors (Lipinski definition) is 0. The van der Waals surface area contributed by atoms with Crippen molar-refractivity contribution in [1.82, 2.24) is 9.55 Å². The Morgan fingerprint density at radius 1 is 1.26 bits per heavy atom. The van der Waals surface area contributed by atoms with Gasteiger partial charge in [-0.25, -0.2) is 14.6 Å². The predicted octanol–water partition coefficient (Wildman–Crippen LogP) is 2.47. The lowest BCUT2D eigenvalue weighted by Gasteiger charge is -2.14. The minimum atomic E-state index is -0.846. The van der Waals surface area contributed by atoms with Crippen LogP contribution in [0.15, 0.2) is 11.1 Å². The van der Waals surface area contributed by atoms with Gasteiger partial charge < -0.3 is 14.2 Å². The van der Waals surface area contributed by atoms with Crippen LogP contribution < -0.4 is 5.56 Å². The average Bonchev–Trinajstić information content (AvgIpc) is 2.95. The molecule has 0 fully saturated rings. The van der Waals surface area contributed by atoms with Crippen molar-refractivity contribution in [2.24, 2.45) is 0 Å². The molecular formula is C18H24N2O6S. The van der Waals surface area contributed by atoms with Crippen LogP contribution in [0, 0.1) is 6.92 Å². The predicted molar refractivity (Wildman–Crippen MR) is 101 cm³/mol. The number of fused-ring (bicyclic) bond motifs is 1. The van der Waals surface area contributed by atoms with E-state index in [1.807, 2.05) is 6.92 Å². The first-order valence-electron chi connectivity index (χ1n) is 8.73. The topological polar surface area (TPSA) is 96.7 Å². The highest BCUT2D eigenvalue weighted by molar-refractivity contribution is 7.20. The summed E-state index contributed by atoms with van der Waals surface area (Å²) in [4.78, 5) is 42.3. The number of hydrogen-bond acceptors (Lipinski definition) is 8. The Morgan fingerprint density at radius 2 is 1.96 bits per heavy atom. The number of aryl methyl sites for hydroxylation is 1. The number of aromatic nitrogens is 2. The fraction of sp³-hybridized carbons (Fsp3) is 0.556. The summed E-state index contributed by atoms with van der Waals surface area (Å²) < 4.78 is 16.7. The Morgan fingerprint density at radius 3 is 2.59 bits per heavy atom. The van der Waals surface area contributed by atoms with E-state index in [1.54, 1.807) is 27.7 Å². The zero-order valence-corrected chi connectivity index (χ0v) is 16.9. The molecule has 2 rings (SSSR count). The molecule has 0 radical (unpaired) electrons. The molecule has 2 aromatic heterocycles. The van der Waals surface area contributed by atoms with E-state index in [1.165, 1.54) is 10.9 Å². The smallest absolute Gasteiger partial charge is 0.348 e. The van der Waals surface area contributed by atoms with Gasteiger partial charge in [0.1, 0.15) is 22.4 Å². The van der Waals surface area contributed by atoms with Gasteiger partial charge in [0.25, 0.3) is 5.56 Å². The van der Waals surface area contributed by atoms with Crippen LogP contribution in [-0.2, 0) is 19.0 Å². The van der Waals surface area contributed by atoms with Gasteiger partial charge >= 0.3 is 11.9 Å². The normalized spacial score (nSPS) is 12.4. The molecule has 0 N–H and O–H groups in total. The molecule has 2 aromatic rings. The van der Waals surface area contributed by atoms with Crippen LogP contribution >= 0.6 is 11.3 Å². The first-order chi connectivity index (χ1) is 12.8. The highest BCUT2D eigenvalue weighted by Crippen LogP contribution is 2.28.